The fourth-order valence-corrected chi connectivity index (χ4v) is 5.54. The molecule has 1 amide bonds. The summed E-state index contributed by atoms with van der Waals surface area (Å²) >= 11 is 0. The minimum Gasteiger partial charge on any atom is -0.342 e. The van der Waals surface area contributed by atoms with Crippen molar-refractivity contribution in [3.05, 3.63) is 30.2 Å². The molecule has 0 unspecified atom stereocenters. The normalized spacial score (nSPS) is 24.5. The van der Waals surface area contributed by atoms with Gasteiger partial charge in [0.05, 0.1) is 23.6 Å². The Kier molecular flexibility index (Phi) is 3.79. The van der Waals surface area contributed by atoms with Gasteiger partial charge in [0.25, 0.3) is 0 Å². The van der Waals surface area contributed by atoms with Gasteiger partial charge in [0.2, 0.25) is 5.91 Å². The topological polar surface area (TPSA) is 84.6 Å². The molecule has 0 aliphatic carbocycles. The number of hydrogen-bond acceptors (Lipinski definition) is 5. The first-order valence-corrected chi connectivity index (χ1v) is 10.1. The third-order valence-corrected chi connectivity index (χ3v) is 6.89. The number of amides is 1. The van der Waals surface area contributed by atoms with Gasteiger partial charge in [0, 0.05) is 37.0 Å². The number of nitrogens with zero attached hydrogens (tertiary/aromatic N) is 4. The molecule has 0 aromatic carbocycles. The first kappa shape index (κ1) is 15.6. The maximum atomic E-state index is 12.5. The summed E-state index contributed by atoms with van der Waals surface area (Å²) in [5.74, 6) is 0.170. The van der Waals surface area contributed by atoms with Gasteiger partial charge in [0.15, 0.2) is 15.5 Å². The van der Waals surface area contributed by atoms with Crippen LogP contribution in [0.3, 0.4) is 0 Å². The third-order valence-electron chi connectivity index (χ3n) is 5.13. The van der Waals surface area contributed by atoms with Crippen LogP contribution in [0, 0.1) is 5.92 Å². The quantitative estimate of drug-likeness (QED) is 0.804. The van der Waals surface area contributed by atoms with E-state index in [4.69, 9.17) is 0 Å². The molecule has 1 atom stereocenters. The van der Waals surface area contributed by atoms with Gasteiger partial charge in [-0.05, 0) is 25.3 Å². The van der Waals surface area contributed by atoms with E-state index in [-0.39, 0.29) is 23.3 Å². The number of aromatic nitrogens is 3. The van der Waals surface area contributed by atoms with Gasteiger partial charge in [-0.25, -0.2) is 17.9 Å². The van der Waals surface area contributed by atoms with E-state index in [1.807, 2.05) is 21.5 Å². The lowest BCUT2D eigenvalue weighted by Gasteiger charge is -2.33. The average Bonchev–Trinajstić information content (AvgIpc) is 3.20. The maximum absolute atomic E-state index is 12.5. The Morgan fingerprint density at radius 1 is 1.12 bits per heavy atom. The Morgan fingerprint density at radius 3 is 2.62 bits per heavy atom. The largest absolute Gasteiger partial charge is 0.342 e. The highest BCUT2D eigenvalue weighted by Gasteiger charge is 2.36. The fraction of sp³-hybridized carbons (Fsp3) is 0.562. The lowest BCUT2D eigenvalue weighted by molar-refractivity contribution is -0.135. The van der Waals surface area contributed by atoms with Crippen molar-refractivity contribution in [2.75, 3.05) is 24.6 Å². The van der Waals surface area contributed by atoms with Gasteiger partial charge < -0.3 is 4.90 Å². The molecule has 2 aliphatic rings. The molecule has 2 aromatic rings. The van der Waals surface area contributed by atoms with Crippen LogP contribution in [-0.4, -0.2) is 58.4 Å². The first-order valence-electron chi connectivity index (χ1n) is 8.31. The van der Waals surface area contributed by atoms with Crippen molar-refractivity contribution in [3.8, 4) is 0 Å². The van der Waals surface area contributed by atoms with Gasteiger partial charge in [-0.3, -0.25) is 4.79 Å². The second-order valence-electron chi connectivity index (χ2n) is 6.67. The number of piperidine rings is 1. The zero-order valence-electron chi connectivity index (χ0n) is 13.3. The van der Waals surface area contributed by atoms with Crippen molar-refractivity contribution in [1.82, 2.24) is 19.5 Å². The van der Waals surface area contributed by atoms with Gasteiger partial charge in [-0.15, -0.1) is 0 Å². The average molecular weight is 348 g/mol. The number of sulfone groups is 1. The molecular formula is C16H20N4O3S. The van der Waals surface area contributed by atoms with Crippen molar-refractivity contribution in [3.63, 3.8) is 0 Å². The minimum absolute atomic E-state index is 0.00786. The zero-order valence-corrected chi connectivity index (χ0v) is 14.2. The van der Waals surface area contributed by atoms with Crippen LogP contribution in [0.4, 0.5) is 0 Å². The molecule has 24 heavy (non-hydrogen) atoms. The van der Waals surface area contributed by atoms with Gasteiger partial charge >= 0.3 is 0 Å². The number of fused-ring (bicyclic) bond motifs is 1. The second-order valence-corrected chi connectivity index (χ2v) is 8.90. The van der Waals surface area contributed by atoms with Crippen molar-refractivity contribution in [2.45, 2.75) is 25.2 Å². The summed E-state index contributed by atoms with van der Waals surface area (Å²) in [6.07, 6.45) is 5.74. The number of likely N-dealkylation sites (tertiary alicyclic amines) is 1. The SMILES string of the molecule is O=C([C@H]1CCS(=O)(=O)C1)N1CCC(c2ccnc3ccnn23)CC1. The van der Waals surface area contributed by atoms with E-state index in [0.29, 0.717) is 25.4 Å². The summed E-state index contributed by atoms with van der Waals surface area (Å²) < 4.78 is 25.0. The molecule has 8 heteroatoms. The smallest absolute Gasteiger partial charge is 0.226 e. The fourth-order valence-electron chi connectivity index (χ4n) is 3.81. The number of rotatable bonds is 2. The summed E-state index contributed by atoms with van der Waals surface area (Å²) in [6, 6.07) is 3.87. The Labute approximate surface area is 140 Å². The predicted octanol–water partition coefficient (Wildman–Crippen LogP) is 0.870. The van der Waals surface area contributed by atoms with Gasteiger partial charge in [0.1, 0.15) is 0 Å². The molecular weight excluding hydrogens is 328 g/mol. The number of carbonyl (C=O) groups is 1. The highest BCUT2D eigenvalue weighted by Crippen LogP contribution is 2.30. The molecule has 0 spiro atoms. The molecule has 2 fully saturated rings. The third kappa shape index (κ3) is 2.79. The van der Waals surface area contributed by atoms with E-state index in [1.165, 1.54) is 0 Å². The van der Waals surface area contributed by atoms with Crippen LogP contribution < -0.4 is 0 Å². The van der Waals surface area contributed by atoms with E-state index in [2.05, 4.69) is 10.1 Å². The molecule has 4 rings (SSSR count). The van der Waals surface area contributed by atoms with Crippen molar-refractivity contribution in [2.24, 2.45) is 5.92 Å². The van der Waals surface area contributed by atoms with Crippen LogP contribution in [0.2, 0.25) is 0 Å². The lowest BCUT2D eigenvalue weighted by Crippen LogP contribution is -2.42. The summed E-state index contributed by atoms with van der Waals surface area (Å²) in [5.41, 5.74) is 1.96. The number of carbonyl (C=O) groups excluding carboxylic acids is 1. The zero-order chi connectivity index (χ0) is 16.7. The summed E-state index contributed by atoms with van der Waals surface area (Å²) in [4.78, 5) is 18.7. The molecule has 0 N–H and O–H groups in total. The molecule has 0 bridgehead atoms. The van der Waals surface area contributed by atoms with E-state index < -0.39 is 9.84 Å². The Bertz CT molecular complexity index is 868. The van der Waals surface area contributed by atoms with Crippen molar-refractivity contribution in [1.29, 1.82) is 0 Å². The Hall–Kier alpha value is -1.96. The van der Waals surface area contributed by atoms with Crippen molar-refractivity contribution >= 4 is 21.4 Å². The van der Waals surface area contributed by atoms with Crippen LogP contribution in [0.15, 0.2) is 24.5 Å². The van der Waals surface area contributed by atoms with Crippen LogP contribution in [0.25, 0.3) is 5.65 Å². The molecule has 2 aromatic heterocycles. The van der Waals surface area contributed by atoms with Crippen LogP contribution in [-0.2, 0) is 14.6 Å². The summed E-state index contributed by atoms with van der Waals surface area (Å²) in [6.45, 7) is 1.34. The summed E-state index contributed by atoms with van der Waals surface area (Å²) in [5, 5.41) is 4.33. The minimum atomic E-state index is -3.02. The molecule has 128 valence electrons. The lowest BCUT2D eigenvalue weighted by atomic mass is 9.92. The van der Waals surface area contributed by atoms with Crippen LogP contribution in [0.5, 0.6) is 0 Å². The van der Waals surface area contributed by atoms with E-state index >= 15 is 0 Å². The molecule has 2 aliphatic heterocycles. The molecule has 0 saturated carbocycles. The molecule has 4 heterocycles. The molecule has 0 radical (unpaired) electrons. The van der Waals surface area contributed by atoms with Crippen LogP contribution in [0.1, 0.15) is 30.9 Å². The first-order chi connectivity index (χ1) is 11.5. The standard InChI is InChI=1S/C16H20N4O3S/c21-16(13-5-10-24(22,23)11-13)19-8-3-12(4-9-19)14-1-6-17-15-2-7-18-20(14)15/h1-2,6-7,12-13H,3-5,8-11H2/t13-/m0/s1. The van der Waals surface area contributed by atoms with Crippen molar-refractivity contribution < 1.29 is 13.2 Å². The van der Waals surface area contributed by atoms with E-state index in [0.717, 1.165) is 24.2 Å². The van der Waals surface area contributed by atoms with Crippen LogP contribution >= 0.6 is 0 Å². The highest BCUT2D eigenvalue weighted by atomic mass is 32.2. The van der Waals surface area contributed by atoms with E-state index in [1.54, 1.807) is 12.4 Å². The molecule has 2 saturated heterocycles. The number of hydrogen-bond donors (Lipinski definition) is 0. The van der Waals surface area contributed by atoms with E-state index in [9.17, 15) is 13.2 Å². The predicted molar refractivity (Wildman–Crippen MR) is 88.3 cm³/mol. The van der Waals surface area contributed by atoms with Gasteiger partial charge in [-0.1, -0.05) is 0 Å². The molecule has 7 nitrogen and oxygen atoms in total. The van der Waals surface area contributed by atoms with Gasteiger partial charge in [-0.2, -0.15) is 5.10 Å². The summed E-state index contributed by atoms with van der Waals surface area (Å²) in [7, 11) is -3.02. The maximum Gasteiger partial charge on any atom is 0.226 e. The Balaban J connectivity index is 1.44. The Morgan fingerprint density at radius 2 is 1.92 bits per heavy atom. The highest BCUT2D eigenvalue weighted by molar-refractivity contribution is 7.91. The second kappa shape index (κ2) is 5.84. The monoisotopic (exact) mass is 348 g/mol.